The largest absolute Gasteiger partial charge is 0.313 e. The minimum absolute atomic E-state index is 0.900. The number of hydrogen-bond donors (Lipinski definition) is 1. The molecule has 1 heterocycles. The van der Waals surface area contributed by atoms with Crippen molar-refractivity contribution in [2.45, 2.75) is 40.7 Å². The van der Waals surface area contributed by atoms with Gasteiger partial charge in [0.2, 0.25) is 0 Å². The zero-order valence-electron chi connectivity index (χ0n) is 12.3. The molecule has 19 heavy (non-hydrogen) atoms. The zero-order chi connectivity index (χ0) is 13.8. The Morgan fingerprint density at radius 2 is 1.89 bits per heavy atom. The smallest absolute Gasteiger partial charge is 0.0678 e. The molecule has 3 heteroatoms. The van der Waals surface area contributed by atoms with Gasteiger partial charge in [-0.25, -0.2) is 4.68 Å². The molecule has 0 aliphatic heterocycles. The highest BCUT2D eigenvalue weighted by Gasteiger charge is 2.13. The van der Waals surface area contributed by atoms with Crippen LogP contribution in [0.5, 0.6) is 0 Å². The monoisotopic (exact) mass is 257 g/mol. The standard InChI is InChI=1S/C16H23N3/c1-5-10-17-11-15-13(3)18-19(14(15)4)16-9-7-6-8-12(16)2/h6-9,17H,5,10-11H2,1-4H3. The van der Waals surface area contributed by atoms with Crippen LogP contribution in [0.25, 0.3) is 5.69 Å². The molecule has 0 aliphatic carbocycles. The van der Waals surface area contributed by atoms with E-state index in [9.17, 15) is 0 Å². The van der Waals surface area contributed by atoms with E-state index in [1.807, 2.05) is 0 Å². The lowest BCUT2D eigenvalue weighted by Crippen LogP contribution is -2.15. The average molecular weight is 257 g/mol. The highest BCUT2D eigenvalue weighted by atomic mass is 15.3. The Hall–Kier alpha value is -1.61. The van der Waals surface area contributed by atoms with Crippen molar-refractivity contribution in [1.29, 1.82) is 0 Å². The first kappa shape index (κ1) is 13.8. The third kappa shape index (κ3) is 2.87. The van der Waals surface area contributed by atoms with Gasteiger partial charge in [0.15, 0.2) is 0 Å². The van der Waals surface area contributed by atoms with Gasteiger partial charge in [-0.05, 0) is 45.4 Å². The van der Waals surface area contributed by atoms with Crippen LogP contribution in [-0.2, 0) is 6.54 Å². The van der Waals surface area contributed by atoms with Crippen LogP contribution in [0.3, 0.4) is 0 Å². The quantitative estimate of drug-likeness (QED) is 0.833. The number of benzene rings is 1. The second kappa shape index (κ2) is 6.02. The molecular weight excluding hydrogens is 234 g/mol. The molecule has 1 N–H and O–H groups in total. The van der Waals surface area contributed by atoms with Gasteiger partial charge in [-0.3, -0.25) is 0 Å². The van der Waals surface area contributed by atoms with Crippen molar-refractivity contribution in [3.63, 3.8) is 0 Å². The lowest BCUT2D eigenvalue weighted by atomic mass is 10.1. The summed E-state index contributed by atoms with van der Waals surface area (Å²) in [7, 11) is 0. The topological polar surface area (TPSA) is 29.9 Å². The van der Waals surface area contributed by atoms with E-state index in [1.54, 1.807) is 0 Å². The van der Waals surface area contributed by atoms with Crippen LogP contribution in [0.15, 0.2) is 24.3 Å². The molecule has 0 spiro atoms. The second-order valence-electron chi connectivity index (χ2n) is 5.02. The van der Waals surface area contributed by atoms with Crippen molar-refractivity contribution in [2.75, 3.05) is 6.54 Å². The van der Waals surface area contributed by atoms with Crippen LogP contribution in [0.4, 0.5) is 0 Å². The van der Waals surface area contributed by atoms with Gasteiger partial charge in [0, 0.05) is 17.8 Å². The Labute approximate surface area is 115 Å². The summed E-state index contributed by atoms with van der Waals surface area (Å²) in [5.41, 5.74) is 6.09. The van der Waals surface area contributed by atoms with Crippen LogP contribution in [0, 0.1) is 20.8 Å². The van der Waals surface area contributed by atoms with E-state index in [-0.39, 0.29) is 0 Å². The Balaban J connectivity index is 2.33. The minimum Gasteiger partial charge on any atom is -0.313 e. The molecule has 1 aromatic heterocycles. The fourth-order valence-electron chi connectivity index (χ4n) is 2.36. The Bertz CT molecular complexity index is 555. The summed E-state index contributed by atoms with van der Waals surface area (Å²) in [4.78, 5) is 0. The van der Waals surface area contributed by atoms with Crippen LogP contribution in [0.1, 0.15) is 35.9 Å². The second-order valence-corrected chi connectivity index (χ2v) is 5.02. The van der Waals surface area contributed by atoms with Crippen molar-refractivity contribution < 1.29 is 0 Å². The van der Waals surface area contributed by atoms with Crippen molar-refractivity contribution in [3.05, 3.63) is 46.8 Å². The molecule has 0 aliphatic rings. The van der Waals surface area contributed by atoms with Crippen molar-refractivity contribution in [3.8, 4) is 5.69 Å². The van der Waals surface area contributed by atoms with Gasteiger partial charge in [0.25, 0.3) is 0 Å². The summed E-state index contributed by atoms with van der Waals surface area (Å²) in [5, 5.41) is 8.16. The molecule has 0 amide bonds. The SMILES string of the molecule is CCCNCc1c(C)nn(-c2ccccc2C)c1C. The maximum absolute atomic E-state index is 4.70. The summed E-state index contributed by atoms with van der Waals surface area (Å²) in [6.07, 6.45) is 1.16. The minimum atomic E-state index is 0.900. The van der Waals surface area contributed by atoms with E-state index in [0.29, 0.717) is 0 Å². The molecule has 0 fully saturated rings. The highest BCUT2D eigenvalue weighted by Crippen LogP contribution is 2.20. The summed E-state index contributed by atoms with van der Waals surface area (Å²) in [6, 6.07) is 8.38. The molecule has 3 nitrogen and oxygen atoms in total. The maximum atomic E-state index is 4.70. The third-order valence-electron chi connectivity index (χ3n) is 3.51. The molecule has 102 valence electrons. The molecule has 0 unspecified atom stereocenters. The first-order valence-corrected chi connectivity index (χ1v) is 6.97. The Morgan fingerprint density at radius 1 is 1.16 bits per heavy atom. The molecule has 1 aromatic carbocycles. The molecule has 0 bridgehead atoms. The number of aromatic nitrogens is 2. The molecule has 0 saturated carbocycles. The van der Waals surface area contributed by atoms with E-state index in [1.165, 1.54) is 22.5 Å². The zero-order valence-corrected chi connectivity index (χ0v) is 12.3. The third-order valence-corrected chi connectivity index (χ3v) is 3.51. The number of para-hydroxylation sites is 1. The van der Waals surface area contributed by atoms with Gasteiger partial charge >= 0.3 is 0 Å². The predicted octanol–water partition coefficient (Wildman–Crippen LogP) is 3.30. The van der Waals surface area contributed by atoms with Crippen LogP contribution >= 0.6 is 0 Å². The van der Waals surface area contributed by atoms with Crippen LogP contribution in [0.2, 0.25) is 0 Å². The van der Waals surface area contributed by atoms with Crippen molar-refractivity contribution >= 4 is 0 Å². The summed E-state index contributed by atoms with van der Waals surface area (Å²) >= 11 is 0. The van der Waals surface area contributed by atoms with E-state index >= 15 is 0 Å². The van der Waals surface area contributed by atoms with Crippen molar-refractivity contribution in [1.82, 2.24) is 15.1 Å². The number of aryl methyl sites for hydroxylation is 2. The van der Waals surface area contributed by atoms with E-state index < -0.39 is 0 Å². The van der Waals surface area contributed by atoms with Gasteiger partial charge in [0.05, 0.1) is 11.4 Å². The van der Waals surface area contributed by atoms with Gasteiger partial charge in [-0.1, -0.05) is 25.1 Å². The summed E-state index contributed by atoms with van der Waals surface area (Å²) in [6.45, 7) is 10.5. The fourth-order valence-corrected chi connectivity index (χ4v) is 2.36. The molecule has 0 atom stereocenters. The van der Waals surface area contributed by atoms with Crippen LogP contribution in [-0.4, -0.2) is 16.3 Å². The van der Waals surface area contributed by atoms with E-state index in [4.69, 9.17) is 5.10 Å². The molecule has 2 rings (SSSR count). The first-order valence-electron chi connectivity index (χ1n) is 6.97. The van der Waals surface area contributed by atoms with Gasteiger partial charge < -0.3 is 5.32 Å². The van der Waals surface area contributed by atoms with Gasteiger partial charge in [-0.15, -0.1) is 0 Å². The number of nitrogens with one attached hydrogen (secondary N) is 1. The normalized spacial score (nSPS) is 10.9. The molecular formula is C16H23N3. The predicted molar refractivity (Wildman–Crippen MR) is 79.8 cm³/mol. The molecule has 0 saturated heterocycles. The number of nitrogens with zero attached hydrogens (tertiary/aromatic N) is 2. The van der Waals surface area contributed by atoms with Crippen LogP contribution < -0.4 is 5.32 Å². The number of hydrogen-bond acceptors (Lipinski definition) is 2. The van der Waals surface area contributed by atoms with Gasteiger partial charge in [0.1, 0.15) is 0 Å². The van der Waals surface area contributed by atoms with E-state index in [0.717, 1.165) is 25.2 Å². The lowest BCUT2D eigenvalue weighted by molar-refractivity contribution is 0.670. The maximum Gasteiger partial charge on any atom is 0.0678 e. The van der Waals surface area contributed by atoms with Gasteiger partial charge in [-0.2, -0.15) is 5.10 Å². The average Bonchev–Trinajstić information content (AvgIpc) is 2.67. The molecule has 2 aromatic rings. The Morgan fingerprint density at radius 3 is 2.58 bits per heavy atom. The van der Waals surface area contributed by atoms with E-state index in [2.05, 4.69) is 62.0 Å². The Kier molecular flexibility index (Phi) is 4.38. The summed E-state index contributed by atoms with van der Waals surface area (Å²) in [5.74, 6) is 0. The molecule has 0 radical (unpaired) electrons. The van der Waals surface area contributed by atoms with Crippen molar-refractivity contribution in [2.24, 2.45) is 0 Å². The highest BCUT2D eigenvalue weighted by molar-refractivity contribution is 5.42. The number of rotatable bonds is 5. The first-order chi connectivity index (χ1) is 9.15. The summed E-state index contributed by atoms with van der Waals surface area (Å²) < 4.78 is 2.06. The lowest BCUT2D eigenvalue weighted by Gasteiger charge is -2.08. The fraction of sp³-hybridized carbons (Fsp3) is 0.438.